The van der Waals surface area contributed by atoms with Gasteiger partial charge in [0, 0.05) is 19.1 Å². The van der Waals surface area contributed by atoms with Gasteiger partial charge in [-0.05, 0) is 37.4 Å². The maximum absolute atomic E-state index is 5.88. The predicted octanol–water partition coefficient (Wildman–Crippen LogP) is 2.55. The Hall–Kier alpha value is -0.770. The predicted molar refractivity (Wildman–Crippen MR) is 82.0 cm³/mol. The maximum Gasteiger partial charge on any atom is 0.119 e. The Bertz CT molecular complexity index is 347. The van der Waals surface area contributed by atoms with E-state index in [1.165, 1.54) is 12.8 Å². The molecule has 0 radical (unpaired) electrons. The second-order valence-corrected chi connectivity index (χ2v) is 5.12. The average molecular weight is 285 g/mol. The zero-order valence-corrected chi connectivity index (χ0v) is 12.4. The van der Waals surface area contributed by atoms with Gasteiger partial charge in [0.2, 0.25) is 0 Å². The fraction of sp³-hybridized carbons (Fsp3) is 0.600. The van der Waals surface area contributed by atoms with Crippen molar-refractivity contribution in [3.8, 4) is 5.75 Å². The average Bonchev–Trinajstić information content (AvgIpc) is 2.40. The highest BCUT2D eigenvalue weighted by Crippen LogP contribution is 2.22. The molecule has 2 atom stereocenters. The van der Waals surface area contributed by atoms with E-state index in [9.17, 15) is 0 Å². The standard InChI is InChI=1S/C15H24N2O.ClH/c1-13-6-5-9-17(15(13)12-16)10-11-18-14-7-3-2-4-8-14;/h2-4,7-8,13,15H,5-6,9-12,16H2,1H3;1H. The molecule has 1 heterocycles. The van der Waals surface area contributed by atoms with Crippen molar-refractivity contribution in [2.75, 3.05) is 26.2 Å². The van der Waals surface area contributed by atoms with Gasteiger partial charge >= 0.3 is 0 Å². The Labute approximate surface area is 122 Å². The molecule has 2 N–H and O–H groups in total. The van der Waals surface area contributed by atoms with Crippen LogP contribution in [0.3, 0.4) is 0 Å². The van der Waals surface area contributed by atoms with E-state index in [0.29, 0.717) is 12.0 Å². The minimum absolute atomic E-state index is 0. The molecule has 4 heteroatoms. The van der Waals surface area contributed by atoms with Gasteiger partial charge in [-0.25, -0.2) is 0 Å². The topological polar surface area (TPSA) is 38.5 Å². The van der Waals surface area contributed by atoms with Crippen molar-refractivity contribution in [2.45, 2.75) is 25.8 Å². The van der Waals surface area contributed by atoms with Crippen molar-refractivity contribution >= 4 is 12.4 Å². The van der Waals surface area contributed by atoms with Gasteiger partial charge in [-0.3, -0.25) is 4.90 Å². The summed E-state index contributed by atoms with van der Waals surface area (Å²) in [5, 5.41) is 0. The van der Waals surface area contributed by atoms with Crippen LogP contribution in [0.15, 0.2) is 30.3 Å². The van der Waals surface area contributed by atoms with Gasteiger partial charge in [-0.1, -0.05) is 25.1 Å². The molecule has 1 aromatic rings. The highest BCUT2D eigenvalue weighted by Gasteiger charge is 2.26. The SMILES string of the molecule is CC1CCCN(CCOc2ccccc2)C1CN.Cl. The fourth-order valence-electron chi connectivity index (χ4n) is 2.79. The molecule has 0 spiro atoms. The summed E-state index contributed by atoms with van der Waals surface area (Å²) in [5.41, 5.74) is 5.88. The highest BCUT2D eigenvalue weighted by molar-refractivity contribution is 5.85. The first-order chi connectivity index (χ1) is 8.81. The lowest BCUT2D eigenvalue weighted by Gasteiger charge is -2.39. The van der Waals surface area contributed by atoms with Crippen LogP contribution in [0.1, 0.15) is 19.8 Å². The third-order valence-corrected chi connectivity index (χ3v) is 3.86. The fourth-order valence-corrected chi connectivity index (χ4v) is 2.79. The third kappa shape index (κ3) is 4.68. The van der Waals surface area contributed by atoms with Crippen LogP contribution in [0.25, 0.3) is 0 Å². The molecule has 1 aromatic carbocycles. The van der Waals surface area contributed by atoms with E-state index >= 15 is 0 Å². The molecule has 0 aliphatic carbocycles. The van der Waals surface area contributed by atoms with Crippen LogP contribution in [0, 0.1) is 5.92 Å². The number of para-hydroxylation sites is 1. The summed E-state index contributed by atoms with van der Waals surface area (Å²) in [6.45, 7) is 5.94. The van der Waals surface area contributed by atoms with Crippen LogP contribution in [-0.4, -0.2) is 37.2 Å². The summed E-state index contributed by atoms with van der Waals surface area (Å²) in [6, 6.07) is 10.5. The summed E-state index contributed by atoms with van der Waals surface area (Å²) in [4.78, 5) is 2.48. The van der Waals surface area contributed by atoms with Gasteiger partial charge in [-0.15, -0.1) is 12.4 Å². The number of nitrogens with zero attached hydrogens (tertiary/aromatic N) is 1. The molecule has 0 saturated carbocycles. The van der Waals surface area contributed by atoms with Crippen molar-refractivity contribution in [3.63, 3.8) is 0 Å². The smallest absolute Gasteiger partial charge is 0.119 e. The molecule has 0 bridgehead atoms. The number of piperidine rings is 1. The second kappa shape index (κ2) is 8.41. The number of likely N-dealkylation sites (tertiary alicyclic amines) is 1. The molecule has 3 nitrogen and oxygen atoms in total. The summed E-state index contributed by atoms with van der Waals surface area (Å²) in [5.74, 6) is 1.66. The number of halogens is 1. The van der Waals surface area contributed by atoms with Crippen LogP contribution in [0.2, 0.25) is 0 Å². The van der Waals surface area contributed by atoms with Crippen molar-refractivity contribution in [2.24, 2.45) is 11.7 Å². The van der Waals surface area contributed by atoms with Gasteiger partial charge in [-0.2, -0.15) is 0 Å². The number of nitrogens with two attached hydrogens (primary N) is 1. The molecule has 1 aliphatic rings. The Kier molecular flexibility index (Phi) is 7.21. The number of rotatable bonds is 5. The van der Waals surface area contributed by atoms with Crippen molar-refractivity contribution < 1.29 is 4.74 Å². The van der Waals surface area contributed by atoms with E-state index in [0.717, 1.165) is 32.0 Å². The molecule has 0 aromatic heterocycles. The largest absolute Gasteiger partial charge is 0.492 e. The van der Waals surface area contributed by atoms with E-state index in [4.69, 9.17) is 10.5 Å². The second-order valence-electron chi connectivity index (χ2n) is 5.12. The number of hydrogen-bond donors (Lipinski definition) is 1. The van der Waals surface area contributed by atoms with E-state index in [-0.39, 0.29) is 12.4 Å². The van der Waals surface area contributed by atoms with Crippen LogP contribution in [0.4, 0.5) is 0 Å². The normalized spacial score (nSPS) is 23.7. The quantitative estimate of drug-likeness (QED) is 0.903. The third-order valence-electron chi connectivity index (χ3n) is 3.86. The molecule has 19 heavy (non-hydrogen) atoms. The molecule has 1 aliphatic heterocycles. The van der Waals surface area contributed by atoms with E-state index < -0.39 is 0 Å². The zero-order chi connectivity index (χ0) is 12.8. The van der Waals surface area contributed by atoms with Crippen molar-refractivity contribution in [1.29, 1.82) is 0 Å². The Morgan fingerprint density at radius 1 is 1.32 bits per heavy atom. The summed E-state index contributed by atoms with van der Waals surface area (Å²) in [7, 11) is 0. The van der Waals surface area contributed by atoms with Crippen molar-refractivity contribution in [1.82, 2.24) is 4.90 Å². The highest BCUT2D eigenvalue weighted by atomic mass is 35.5. The van der Waals surface area contributed by atoms with Crippen molar-refractivity contribution in [3.05, 3.63) is 30.3 Å². The summed E-state index contributed by atoms with van der Waals surface area (Å²) >= 11 is 0. The Balaban J connectivity index is 0.00000180. The molecule has 0 amide bonds. The monoisotopic (exact) mass is 284 g/mol. The minimum Gasteiger partial charge on any atom is -0.492 e. The lowest BCUT2D eigenvalue weighted by molar-refractivity contribution is 0.0895. The molecule has 1 saturated heterocycles. The van der Waals surface area contributed by atoms with Gasteiger partial charge in [0.05, 0.1) is 0 Å². The Morgan fingerprint density at radius 2 is 2.05 bits per heavy atom. The van der Waals surface area contributed by atoms with Gasteiger partial charge < -0.3 is 10.5 Å². The van der Waals surface area contributed by atoms with Crippen LogP contribution in [0.5, 0.6) is 5.75 Å². The van der Waals surface area contributed by atoms with Crippen LogP contribution < -0.4 is 10.5 Å². The minimum atomic E-state index is 0. The number of hydrogen-bond acceptors (Lipinski definition) is 3. The van der Waals surface area contributed by atoms with Gasteiger partial charge in [0.25, 0.3) is 0 Å². The summed E-state index contributed by atoms with van der Waals surface area (Å²) in [6.07, 6.45) is 2.58. The molecular formula is C15H25ClN2O. The van der Waals surface area contributed by atoms with E-state index in [1.54, 1.807) is 0 Å². The number of ether oxygens (including phenoxy) is 1. The van der Waals surface area contributed by atoms with Crippen LogP contribution in [-0.2, 0) is 0 Å². The number of benzene rings is 1. The molecule has 108 valence electrons. The first-order valence-corrected chi connectivity index (χ1v) is 6.93. The molecule has 2 rings (SSSR count). The van der Waals surface area contributed by atoms with Gasteiger partial charge in [0.15, 0.2) is 0 Å². The Morgan fingerprint density at radius 3 is 2.74 bits per heavy atom. The first-order valence-electron chi connectivity index (χ1n) is 6.93. The molecule has 1 fully saturated rings. The molecular weight excluding hydrogens is 260 g/mol. The summed E-state index contributed by atoms with van der Waals surface area (Å²) < 4.78 is 5.75. The maximum atomic E-state index is 5.88. The van der Waals surface area contributed by atoms with E-state index in [2.05, 4.69) is 11.8 Å². The lowest BCUT2D eigenvalue weighted by atomic mass is 9.91. The molecule has 2 unspecified atom stereocenters. The van der Waals surface area contributed by atoms with Gasteiger partial charge in [0.1, 0.15) is 12.4 Å². The van der Waals surface area contributed by atoms with E-state index in [1.807, 2.05) is 30.3 Å². The first kappa shape index (κ1) is 16.3. The zero-order valence-electron chi connectivity index (χ0n) is 11.6. The van der Waals surface area contributed by atoms with Crippen LogP contribution >= 0.6 is 12.4 Å². The lowest BCUT2D eigenvalue weighted by Crippen LogP contribution is -2.49.